The summed E-state index contributed by atoms with van der Waals surface area (Å²) in [6.45, 7) is 4.30. The van der Waals surface area contributed by atoms with Gasteiger partial charge < -0.3 is 15.0 Å². The van der Waals surface area contributed by atoms with E-state index in [0.29, 0.717) is 11.3 Å². The van der Waals surface area contributed by atoms with Crippen molar-refractivity contribution in [3.63, 3.8) is 0 Å². The van der Waals surface area contributed by atoms with E-state index in [1.165, 1.54) is 6.07 Å². The fraction of sp³-hybridized carbons (Fsp3) is 0.625. The Morgan fingerprint density at radius 2 is 1.90 bits per heavy atom. The van der Waals surface area contributed by atoms with Gasteiger partial charge in [0.15, 0.2) is 0 Å². The second-order valence-corrected chi connectivity index (χ2v) is 5.31. The van der Waals surface area contributed by atoms with Gasteiger partial charge in [0.25, 0.3) is 0 Å². The predicted molar refractivity (Wildman–Crippen MR) is 81.8 cm³/mol. The summed E-state index contributed by atoms with van der Waals surface area (Å²) in [7, 11) is 7.54. The lowest BCUT2D eigenvalue weighted by molar-refractivity contribution is 0.0901. The molecule has 0 amide bonds. The number of hydrogen-bond acceptors (Lipinski definition) is 3. The van der Waals surface area contributed by atoms with Crippen molar-refractivity contribution in [3.8, 4) is 5.75 Å². The summed E-state index contributed by atoms with van der Waals surface area (Å²) < 4.78 is 19.5. The largest absolute Gasteiger partial charge is 0.497 e. The van der Waals surface area contributed by atoms with Gasteiger partial charge in [-0.05, 0) is 40.1 Å². The van der Waals surface area contributed by atoms with Crippen molar-refractivity contribution >= 4 is 0 Å². The van der Waals surface area contributed by atoms with E-state index < -0.39 is 0 Å². The number of hydrogen-bond donors (Lipinski definition) is 1. The summed E-state index contributed by atoms with van der Waals surface area (Å²) in [6, 6.07) is 5.01. The van der Waals surface area contributed by atoms with E-state index >= 15 is 0 Å². The first-order valence-corrected chi connectivity index (χ1v) is 7.14. The Morgan fingerprint density at radius 1 is 1.30 bits per heavy atom. The standard InChI is InChI=1S/C16H27FN2O/c1-7-16(8-2,19(4)5)15(18-3)13-10-9-12(20-6)11-14(13)17/h9-11,15,18H,7-8H2,1-6H3. The maximum atomic E-state index is 14.4. The van der Waals surface area contributed by atoms with Crippen LogP contribution in [-0.4, -0.2) is 38.7 Å². The molecule has 1 atom stereocenters. The number of benzene rings is 1. The van der Waals surface area contributed by atoms with Crippen molar-refractivity contribution in [1.82, 2.24) is 10.2 Å². The van der Waals surface area contributed by atoms with E-state index in [9.17, 15) is 4.39 Å². The van der Waals surface area contributed by atoms with E-state index in [1.54, 1.807) is 7.11 Å². The van der Waals surface area contributed by atoms with Crippen LogP contribution in [0.4, 0.5) is 4.39 Å². The minimum absolute atomic E-state index is 0.0709. The molecular weight excluding hydrogens is 255 g/mol. The molecule has 0 heterocycles. The summed E-state index contributed by atoms with van der Waals surface area (Å²) >= 11 is 0. The number of ether oxygens (including phenoxy) is 1. The monoisotopic (exact) mass is 282 g/mol. The number of nitrogens with zero attached hydrogens (tertiary/aromatic N) is 1. The minimum atomic E-state index is -0.225. The third-order valence-corrected chi connectivity index (χ3v) is 4.46. The molecule has 0 saturated heterocycles. The third kappa shape index (κ3) is 2.96. The quantitative estimate of drug-likeness (QED) is 0.831. The Bertz CT molecular complexity index is 430. The zero-order valence-electron chi connectivity index (χ0n) is 13.5. The van der Waals surface area contributed by atoms with Crippen LogP contribution in [0.1, 0.15) is 38.3 Å². The first kappa shape index (κ1) is 16.9. The molecule has 1 N–H and O–H groups in total. The van der Waals surface area contributed by atoms with Crippen LogP contribution in [-0.2, 0) is 0 Å². The first-order chi connectivity index (χ1) is 9.46. The molecule has 0 bridgehead atoms. The van der Waals surface area contributed by atoms with Crippen molar-refractivity contribution < 1.29 is 9.13 Å². The first-order valence-electron chi connectivity index (χ1n) is 7.14. The smallest absolute Gasteiger partial charge is 0.131 e. The SMILES string of the molecule is CCC(CC)(C(NC)c1ccc(OC)cc1F)N(C)C. The Kier molecular flexibility index (Phi) is 5.96. The van der Waals surface area contributed by atoms with Gasteiger partial charge in [-0.2, -0.15) is 0 Å². The maximum absolute atomic E-state index is 14.4. The van der Waals surface area contributed by atoms with Crippen molar-refractivity contribution in [2.75, 3.05) is 28.3 Å². The lowest BCUT2D eigenvalue weighted by Gasteiger charge is -2.45. The molecule has 1 unspecified atom stereocenters. The van der Waals surface area contributed by atoms with Crippen molar-refractivity contribution in [2.45, 2.75) is 38.3 Å². The Balaban J connectivity index is 3.30. The van der Waals surface area contributed by atoms with E-state index in [1.807, 2.05) is 19.2 Å². The Morgan fingerprint density at radius 3 is 2.25 bits per heavy atom. The summed E-state index contributed by atoms with van der Waals surface area (Å²) in [5, 5.41) is 3.30. The molecular formula is C16H27FN2O. The topological polar surface area (TPSA) is 24.5 Å². The van der Waals surface area contributed by atoms with E-state index in [2.05, 4.69) is 38.2 Å². The fourth-order valence-corrected chi connectivity index (χ4v) is 3.13. The molecule has 0 spiro atoms. The number of rotatable bonds is 7. The normalized spacial score (nSPS) is 13.6. The lowest BCUT2D eigenvalue weighted by atomic mass is 9.79. The summed E-state index contributed by atoms with van der Waals surface area (Å²) in [4.78, 5) is 2.19. The van der Waals surface area contributed by atoms with Gasteiger partial charge in [-0.15, -0.1) is 0 Å². The minimum Gasteiger partial charge on any atom is -0.497 e. The second-order valence-electron chi connectivity index (χ2n) is 5.31. The van der Waals surface area contributed by atoms with Crippen LogP contribution >= 0.6 is 0 Å². The molecule has 0 saturated carbocycles. The molecule has 3 nitrogen and oxygen atoms in total. The molecule has 1 aromatic carbocycles. The molecule has 4 heteroatoms. The van der Waals surface area contributed by atoms with Crippen molar-refractivity contribution in [3.05, 3.63) is 29.6 Å². The van der Waals surface area contributed by atoms with Crippen LogP contribution in [0.3, 0.4) is 0 Å². The van der Waals surface area contributed by atoms with Gasteiger partial charge in [-0.1, -0.05) is 19.9 Å². The Hall–Kier alpha value is -1.13. The molecule has 0 aliphatic rings. The zero-order valence-corrected chi connectivity index (χ0v) is 13.5. The highest BCUT2D eigenvalue weighted by Crippen LogP contribution is 2.37. The molecule has 1 rings (SSSR count). The average Bonchev–Trinajstić information content (AvgIpc) is 2.45. The van der Waals surface area contributed by atoms with Crippen LogP contribution < -0.4 is 10.1 Å². The molecule has 0 aliphatic carbocycles. The number of halogens is 1. The summed E-state index contributed by atoms with van der Waals surface area (Å²) in [6.07, 6.45) is 1.88. The second kappa shape index (κ2) is 7.04. The molecule has 0 radical (unpaired) electrons. The van der Waals surface area contributed by atoms with E-state index in [0.717, 1.165) is 12.8 Å². The lowest BCUT2D eigenvalue weighted by Crippen LogP contribution is -2.52. The molecule has 0 aromatic heterocycles. The van der Waals surface area contributed by atoms with Gasteiger partial charge in [-0.25, -0.2) is 4.39 Å². The van der Waals surface area contributed by atoms with E-state index in [-0.39, 0.29) is 17.4 Å². The van der Waals surface area contributed by atoms with Gasteiger partial charge in [0.1, 0.15) is 11.6 Å². The summed E-state index contributed by atoms with van der Waals surface area (Å²) in [5.41, 5.74) is 0.565. The highest BCUT2D eigenvalue weighted by molar-refractivity contribution is 5.32. The number of methoxy groups -OCH3 is 1. The molecule has 0 aliphatic heterocycles. The highest BCUT2D eigenvalue weighted by atomic mass is 19.1. The highest BCUT2D eigenvalue weighted by Gasteiger charge is 2.39. The van der Waals surface area contributed by atoms with Crippen molar-refractivity contribution in [1.29, 1.82) is 0 Å². The van der Waals surface area contributed by atoms with Crippen molar-refractivity contribution in [2.24, 2.45) is 0 Å². The van der Waals surface area contributed by atoms with Gasteiger partial charge in [0.2, 0.25) is 0 Å². The average molecular weight is 282 g/mol. The predicted octanol–water partition coefficient (Wildman–Crippen LogP) is 3.22. The molecule has 20 heavy (non-hydrogen) atoms. The molecule has 1 aromatic rings. The van der Waals surface area contributed by atoms with Crippen LogP contribution in [0.5, 0.6) is 5.75 Å². The number of likely N-dealkylation sites (N-methyl/N-ethyl adjacent to an activating group) is 2. The van der Waals surface area contributed by atoms with Gasteiger partial charge >= 0.3 is 0 Å². The summed E-state index contributed by atoms with van der Waals surface area (Å²) in [5.74, 6) is 0.321. The van der Waals surface area contributed by atoms with Crippen LogP contribution in [0, 0.1) is 5.82 Å². The van der Waals surface area contributed by atoms with Crippen LogP contribution in [0.2, 0.25) is 0 Å². The fourth-order valence-electron chi connectivity index (χ4n) is 3.13. The maximum Gasteiger partial charge on any atom is 0.131 e. The molecule has 114 valence electrons. The van der Waals surface area contributed by atoms with Crippen LogP contribution in [0.25, 0.3) is 0 Å². The van der Waals surface area contributed by atoms with Gasteiger partial charge in [0, 0.05) is 17.2 Å². The third-order valence-electron chi connectivity index (χ3n) is 4.46. The Labute approximate surface area is 122 Å². The van der Waals surface area contributed by atoms with Gasteiger partial charge in [0.05, 0.1) is 13.2 Å². The van der Waals surface area contributed by atoms with E-state index in [4.69, 9.17) is 4.74 Å². The molecule has 0 fully saturated rings. The van der Waals surface area contributed by atoms with Gasteiger partial charge in [-0.3, -0.25) is 0 Å². The van der Waals surface area contributed by atoms with Crippen LogP contribution in [0.15, 0.2) is 18.2 Å². The number of nitrogens with one attached hydrogen (secondary N) is 1. The zero-order chi connectivity index (χ0) is 15.3.